The highest BCUT2D eigenvalue weighted by Crippen LogP contribution is 2.20. The zero-order valence-electron chi connectivity index (χ0n) is 15.0. The molecule has 2 unspecified atom stereocenters. The Bertz CT molecular complexity index is 497. The number of nitrogens with zero attached hydrogens (tertiary/aromatic N) is 2. The van der Waals surface area contributed by atoms with Crippen LogP contribution in [0.3, 0.4) is 0 Å². The smallest absolute Gasteiger partial charge is 0.315 e. The SMILES string of the molecule is Cc1noc(C(NC(=O)NCC(C)(O)CCC(C)C)C(C)C)n1. The van der Waals surface area contributed by atoms with Crippen LogP contribution in [0.2, 0.25) is 0 Å². The van der Waals surface area contributed by atoms with Crippen molar-refractivity contribution >= 4 is 6.03 Å². The largest absolute Gasteiger partial charge is 0.388 e. The number of carbonyl (C=O) groups excluding carboxylic acids is 1. The third-order valence-electron chi connectivity index (χ3n) is 3.65. The second kappa shape index (κ2) is 8.29. The van der Waals surface area contributed by atoms with Gasteiger partial charge in [-0.05, 0) is 38.5 Å². The van der Waals surface area contributed by atoms with Gasteiger partial charge in [-0.25, -0.2) is 4.79 Å². The van der Waals surface area contributed by atoms with Crippen LogP contribution in [0, 0.1) is 18.8 Å². The third kappa shape index (κ3) is 6.99. The molecule has 2 amide bonds. The number of carbonyl (C=O) groups is 1. The Morgan fingerprint density at radius 2 is 2.00 bits per heavy atom. The highest BCUT2D eigenvalue weighted by molar-refractivity contribution is 5.74. The Balaban J connectivity index is 2.53. The summed E-state index contributed by atoms with van der Waals surface area (Å²) in [6.07, 6.45) is 1.55. The van der Waals surface area contributed by atoms with Gasteiger partial charge in [0.15, 0.2) is 5.82 Å². The molecule has 0 bridgehead atoms. The summed E-state index contributed by atoms with van der Waals surface area (Å²) >= 11 is 0. The van der Waals surface area contributed by atoms with E-state index < -0.39 is 5.60 Å². The maximum absolute atomic E-state index is 12.1. The molecule has 23 heavy (non-hydrogen) atoms. The lowest BCUT2D eigenvalue weighted by molar-refractivity contribution is 0.0474. The lowest BCUT2D eigenvalue weighted by Crippen LogP contribution is -2.46. The average molecular weight is 326 g/mol. The van der Waals surface area contributed by atoms with E-state index in [0.717, 1.165) is 6.42 Å². The Morgan fingerprint density at radius 1 is 1.35 bits per heavy atom. The average Bonchev–Trinajstić information content (AvgIpc) is 2.86. The van der Waals surface area contributed by atoms with E-state index in [1.807, 2.05) is 13.8 Å². The van der Waals surface area contributed by atoms with E-state index in [2.05, 4.69) is 34.6 Å². The fourth-order valence-corrected chi connectivity index (χ4v) is 2.10. The summed E-state index contributed by atoms with van der Waals surface area (Å²) in [7, 11) is 0. The van der Waals surface area contributed by atoms with Gasteiger partial charge in [0.25, 0.3) is 0 Å². The number of aromatic nitrogens is 2. The number of aliphatic hydroxyl groups is 1. The Hall–Kier alpha value is -1.63. The van der Waals surface area contributed by atoms with Gasteiger partial charge in [-0.15, -0.1) is 0 Å². The van der Waals surface area contributed by atoms with E-state index in [0.29, 0.717) is 24.1 Å². The number of hydrogen-bond acceptors (Lipinski definition) is 5. The van der Waals surface area contributed by atoms with Crippen LogP contribution >= 0.6 is 0 Å². The highest BCUT2D eigenvalue weighted by atomic mass is 16.5. The number of aryl methyl sites for hydroxylation is 1. The molecule has 0 aliphatic carbocycles. The molecule has 1 rings (SSSR count). The summed E-state index contributed by atoms with van der Waals surface area (Å²) < 4.78 is 5.15. The molecular weight excluding hydrogens is 296 g/mol. The molecule has 0 fully saturated rings. The van der Waals surface area contributed by atoms with Crippen molar-refractivity contribution in [3.05, 3.63) is 11.7 Å². The van der Waals surface area contributed by atoms with Crippen molar-refractivity contribution in [2.75, 3.05) is 6.54 Å². The van der Waals surface area contributed by atoms with E-state index in [-0.39, 0.29) is 24.5 Å². The van der Waals surface area contributed by atoms with Crippen LogP contribution in [0.25, 0.3) is 0 Å². The van der Waals surface area contributed by atoms with E-state index in [1.165, 1.54) is 0 Å². The Morgan fingerprint density at radius 3 is 2.48 bits per heavy atom. The van der Waals surface area contributed by atoms with Crippen LogP contribution in [-0.2, 0) is 0 Å². The molecule has 1 aromatic heterocycles. The van der Waals surface area contributed by atoms with Crippen LogP contribution in [0.4, 0.5) is 4.79 Å². The Kier molecular flexibility index (Phi) is 7.00. The van der Waals surface area contributed by atoms with Gasteiger partial charge >= 0.3 is 6.03 Å². The molecule has 0 aromatic carbocycles. The molecule has 0 spiro atoms. The fraction of sp³-hybridized carbons (Fsp3) is 0.812. The van der Waals surface area contributed by atoms with Gasteiger partial charge in [0, 0.05) is 6.54 Å². The normalized spacial score (nSPS) is 15.5. The van der Waals surface area contributed by atoms with E-state index in [1.54, 1.807) is 13.8 Å². The van der Waals surface area contributed by atoms with E-state index >= 15 is 0 Å². The molecule has 1 aromatic rings. The summed E-state index contributed by atoms with van der Waals surface area (Å²) in [5, 5.41) is 19.6. The van der Waals surface area contributed by atoms with Gasteiger partial charge in [-0.3, -0.25) is 0 Å². The minimum atomic E-state index is -0.921. The van der Waals surface area contributed by atoms with Crippen LogP contribution < -0.4 is 10.6 Å². The minimum absolute atomic E-state index is 0.0991. The van der Waals surface area contributed by atoms with Gasteiger partial charge in [-0.1, -0.05) is 32.9 Å². The number of nitrogens with one attached hydrogen (secondary N) is 2. The van der Waals surface area contributed by atoms with Crippen molar-refractivity contribution in [1.29, 1.82) is 0 Å². The van der Waals surface area contributed by atoms with Crippen molar-refractivity contribution in [3.8, 4) is 0 Å². The first-order chi connectivity index (χ1) is 10.6. The summed E-state index contributed by atoms with van der Waals surface area (Å²) in [5.41, 5.74) is -0.921. The summed E-state index contributed by atoms with van der Waals surface area (Å²) in [6, 6.07) is -0.721. The predicted octanol–water partition coefficient (Wildman–Crippen LogP) is 2.56. The molecule has 0 aliphatic rings. The standard InChI is InChI=1S/C16H30N4O3/c1-10(2)7-8-16(6,22)9-17-15(21)19-13(11(3)4)14-18-12(5)20-23-14/h10-11,13,22H,7-9H2,1-6H3,(H2,17,19,21). The van der Waals surface area contributed by atoms with Gasteiger partial charge in [-0.2, -0.15) is 4.98 Å². The molecule has 2 atom stereocenters. The molecule has 7 heteroatoms. The van der Waals surface area contributed by atoms with Gasteiger partial charge in [0.05, 0.1) is 5.60 Å². The summed E-state index contributed by atoms with van der Waals surface area (Å²) in [5.74, 6) is 1.53. The first-order valence-corrected chi connectivity index (χ1v) is 8.17. The van der Waals surface area contributed by atoms with Crippen LogP contribution in [0.5, 0.6) is 0 Å². The third-order valence-corrected chi connectivity index (χ3v) is 3.65. The van der Waals surface area contributed by atoms with Crippen molar-refractivity contribution < 1.29 is 14.4 Å². The van der Waals surface area contributed by atoms with Crippen LogP contribution in [0.15, 0.2) is 4.52 Å². The van der Waals surface area contributed by atoms with Gasteiger partial charge < -0.3 is 20.3 Å². The molecule has 3 N–H and O–H groups in total. The molecule has 0 saturated heterocycles. The molecule has 1 heterocycles. The van der Waals surface area contributed by atoms with E-state index in [9.17, 15) is 9.90 Å². The topological polar surface area (TPSA) is 100 Å². The molecule has 0 radical (unpaired) electrons. The zero-order valence-corrected chi connectivity index (χ0v) is 15.0. The number of rotatable bonds is 8. The van der Waals surface area contributed by atoms with Crippen molar-refractivity contribution in [2.24, 2.45) is 11.8 Å². The minimum Gasteiger partial charge on any atom is -0.388 e. The van der Waals surface area contributed by atoms with Crippen molar-refractivity contribution in [1.82, 2.24) is 20.8 Å². The highest BCUT2D eigenvalue weighted by Gasteiger charge is 2.26. The molecular formula is C16H30N4O3. The fourth-order valence-electron chi connectivity index (χ4n) is 2.10. The molecule has 132 valence electrons. The first kappa shape index (κ1) is 19.4. The van der Waals surface area contributed by atoms with Crippen molar-refractivity contribution in [2.45, 2.75) is 66.0 Å². The molecule has 0 saturated carbocycles. The van der Waals surface area contributed by atoms with Gasteiger partial charge in [0.1, 0.15) is 6.04 Å². The van der Waals surface area contributed by atoms with Crippen LogP contribution in [-0.4, -0.2) is 33.4 Å². The van der Waals surface area contributed by atoms with E-state index in [4.69, 9.17) is 4.52 Å². The number of urea groups is 1. The monoisotopic (exact) mass is 326 g/mol. The van der Waals surface area contributed by atoms with Gasteiger partial charge in [0.2, 0.25) is 5.89 Å². The zero-order chi connectivity index (χ0) is 17.6. The second-order valence-corrected chi connectivity index (χ2v) is 7.16. The lowest BCUT2D eigenvalue weighted by Gasteiger charge is -2.25. The quantitative estimate of drug-likeness (QED) is 0.681. The number of hydrogen-bond donors (Lipinski definition) is 3. The first-order valence-electron chi connectivity index (χ1n) is 8.17. The second-order valence-electron chi connectivity index (χ2n) is 7.16. The predicted molar refractivity (Wildman–Crippen MR) is 87.8 cm³/mol. The maximum atomic E-state index is 12.1. The van der Waals surface area contributed by atoms with Crippen molar-refractivity contribution in [3.63, 3.8) is 0 Å². The lowest BCUT2D eigenvalue weighted by atomic mass is 9.95. The number of amides is 2. The van der Waals surface area contributed by atoms with Crippen LogP contribution in [0.1, 0.15) is 65.2 Å². The molecule has 7 nitrogen and oxygen atoms in total. The Labute approximate surface area is 138 Å². The molecule has 0 aliphatic heterocycles. The summed E-state index contributed by atoms with van der Waals surface area (Å²) in [4.78, 5) is 16.3. The maximum Gasteiger partial charge on any atom is 0.315 e. The summed E-state index contributed by atoms with van der Waals surface area (Å²) in [6.45, 7) is 11.8.